The van der Waals surface area contributed by atoms with Crippen molar-refractivity contribution in [2.45, 2.75) is 18.0 Å². The SMILES string of the molecule is OC(c1cscn1)(C(F)(F)F)C(F)(F)F. The zero-order valence-electron chi connectivity index (χ0n) is 6.73. The second-order valence-corrected chi connectivity index (χ2v) is 3.30. The maximum absolute atomic E-state index is 12.2. The molecule has 0 amide bonds. The van der Waals surface area contributed by atoms with E-state index < -0.39 is 23.6 Å². The van der Waals surface area contributed by atoms with Crippen molar-refractivity contribution < 1.29 is 31.4 Å². The van der Waals surface area contributed by atoms with Crippen molar-refractivity contribution in [1.29, 1.82) is 0 Å². The van der Waals surface area contributed by atoms with E-state index in [-0.39, 0.29) is 0 Å². The molecule has 0 unspecified atom stereocenters. The highest BCUT2D eigenvalue weighted by Crippen LogP contribution is 2.49. The predicted molar refractivity (Wildman–Crippen MR) is 38.1 cm³/mol. The highest BCUT2D eigenvalue weighted by atomic mass is 32.1. The van der Waals surface area contributed by atoms with E-state index in [2.05, 4.69) is 4.98 Å². The van der Waals surface area contributed by atoms with E-state index in [1.54, 1.807) is 0 Å². The molecule has 2 nitrogen and oxygen atoms in total. The summed E-state index contributed by atoms with van der Waals surface area (Å²) in [4.78, 5) is 2.85. The number of aromatic nitrogens is 1. The number of alkyl halides is 6. The third kappa shape index (κ3) is 1.81. The number of hydrogen-bond acceptors (Lipinski definition) is 3. The number of aliphatic hydroxyl groups is 1. The summed E-state index contributed by atoms with van der Waals surface area (Å²) in [6, 6.07) is 0. The van der Waals surface area contributed by atoms with Crippen LogP contribution in [0.15, 0.2) is 10.9 Å². The van der Waals surface area contributed by atoms with Crippen molar-refractivity contribution in [1.82, 2.24) is 4.98 Å². The van der Waals surface area contributed by atoms with Crippen LogP contribution in [0, 0.1) is 0 Å². The van der Waals surface area contributed by atoms with Gasteiger partial charge in [-0.25, -0.2) is 4.98 Å². The van der Waals surface area contributed by atoms with Gasteiger partial charge in [0.2, 0.25) is 0 Å². The van der Waals surface area contributed by atoms with Gasteiger partial charge in [-0.2, -0.15) is 26.3 Å². The molecule has 0 aliphatic carbocycles. The summed E-state index contributed by atoms with van der Waals surface area (Å²) >= 11 is 0.528. The maximum Gasteiger partial charge on any atom is 0.432 e. The van der Waals surface area contributed by atoms with Gasteiger partial charge < -0.3 is 5.11 Å². The molecule has 1 rings (SSSR count). The molecule has 1 N–H and O–H groups in total. The molecule has 0 bridgehead atoms. The number of nitrogens with zero attached hydrogens (tertiary/aromatic N) is 1. The first-order valence-corrected chi connectivity index (χ1v) is 4.29. The predicted octanol–water partition coefficient (Wildman–Crippen LogP) is 2.46. The molecule has 1 aromatic rings. The van der Waals surface area contributed by atoms with Crippen LogP contribution in [0.5, 0.6) is 0 Å². The molecule has 0 radical (unpaired) electrons. The molecule has 0 aliphatic heterocycles. The summed E-state index contributed by atoms with van der Waals surface area (Å²) in [6.45, 7) is 0. The van der Waals surface area contributed by atoms with Gasteiger partial charge in [-0.15, -0.1) is 11.3 Å². The van der Waals surface area contributed by atoms with E-state index in [0.717, 1.165) is 5.51 Å². The molecule has 0 aliphatic rings. The van der Waals surface area contributed by atoms with Crippen LogP contribution in [-0.4, -0.2) is 22.4 Å². The third-order valence-corrected chi connectivity index (χ3v) is 2.21. The topological polar surface area (TPSA) is 33.1 Å². The number of thiazole rings is 1. The van der Waals surface area contributed by atoms with Crippen molar-refractivity contribution in [2.24, 2.45) is 0 Å². The minimum absolute atomic E-state index is 0.501. The second kappa shape index (κ2) is 3.34. The van der Waals surface area contributed by atoms with Gasteiger partial charge in [-0.3, -0.25) is 0 Å². The van der Waals surface area contributed by atoms with Crippen molar-refractivity contribution in [3.8, 4) is 0 Å². The molecule has 0 saturated heterocycles. The van der Waals surface area contributed by atoms with Gasteiger partial charge in [0.05, 0.1) is 5.51 Å². The normalized spacial score (nSPS) is 14.3. The lowest BCUT2D eigenvalue weighted by molar-refractivity contribution is -0.377. The van der Waals surface area contributed by atoms with Gasteiger partial charge in [-0.1, -0.05) is 0 Å². The van der Waals surface area contributed by atoms with Crippen LogP contribution < -0.4 is 0 Å². The van der Waals surface area contributed by atoms with Crippen LogP contribution in [0.3, 0.4) is 0 Å². The van der Waals surface area contributed by atoms with Gasteiger partial charge >= 0.3 is 12.4 Å². The Morgan fingerprint density at radius 3 is 1.80 bits per heavy atom. The van der Waals surface area contributed by atoms with Crippen LogP contribution in [0.25, 0.3) is 0 Å². The molecule has 15 heavy (non-hydrogen) atoms. The second-order valence-electron chi connectivity index (χ2n) is 2.58. The molecule has 0 atom stereocenters. The van der Waals surface area contributed by atoms with Gasteiger partial charge in [0.1, 0.15) is 5.69 Å². The van der Waals surface area contributed by atoms with E-state index in [4.69, 9.17) is 5.11 Å². The first-order chi connectivity index (χ1) is 6.61. The molecular formula is C6H3F6NOS. The largest absolute Gasteiger partial charge is 0.432 e. The molecule has 9 heteroatoms. The van der Waals surface area contributed by atoms with Gasteiger partial charge in [0.15, 0.2) is 0 Å². The van der Waals surface area contributed by atoms with Gasteiger partial charge in [0, 0.05) is 5.38 Å². The van der Waals surface area contributed by atoms with E-state index in [0.29, 0.717) is 16.7 Å². The van der Waals surface area contributed by atoms with Crippen LogP contribution >= 0.6 is 11.3 Å². The highest BCUT2D eigenvalue weighted by molar-refractivity contribution is 7.07. The standard InChI is InChI=1S/C6H3F6NOS/c7-5(8,9)4(14,6(10,11)12)3-1-15-2-13-3/h1-2,14H. The van der Waals surface area contributed by atoms with Crippen molar-refractivity contribution in [2.75, 3.05) is 0 Å². The summed E-state index contributed by atoms with van der Waals surface area (Å²) in [5, 5.41) is 9.24. The Hall–Kier alpha value is -0.830. The average Bonchev–Trinajstić information content (AvgIpc) is 2.49. The van der Waals surface area contributed by atoms with Crippen LogP contribution in [0.2, 0.25) is 0 Å². The smallest absolute Gasteiger partial charge is 0.368 e. The van der Waals surface area contributed by atoms with E-state index in [1.165, 1.54) is 0 Å². The minimum Gasteiger partial charge on any atom is -0.368 e. The Balaban J connectivity index is 3.33. The Morgan fingerprint density at radius 2 is 1.53 bits per heavy atom. The summed E-state index contributed by atoms with van der Waals surface area (Å²) in [6.07, 6.45) is -11.7. The summed E-state index contributed by atoms with van der Waals surface area (Å²) < 4.78 is 72.9. The fraction of sp³-hybridized carbons (Fsp3) is 0.500. The van der Waals surface area contributed by atoms with E-state index >= 15 is 0 Å². The van der Waals surface area contributed by atoms with Crippen molar-refractivity contribution >= 4 is 11.3 Å². The van der Waals surface area contributed by atoms with Crippen molar-refractivity contribution in [3.05, 3.63) is 16.6 Å². The molecule has 86 valence electrons. The Bertz CT molecular complexity index is 314. The molecule has 1 heterocycles. The highest BCUT2D eigenvalue weighted by Gasteiger charge is 2.72. The number of rotatable bonds is 1. The summed E-state index contributed by atoms with van der Waals surface area (Å²) in [7, 11) is 0. The molecule has 0 fully saturated rings. The zero-order valence-corrected chi connectivity index (χ0v) is 7.54. The molecule has 0 spiro atoms. The first-order valence-electron chi connectivity index (χ1n) is 3.35. The molecular weight excluding hydrogens is 248 g/mol. The maximum atomic E-state index is 12.2. The molecule has 0 saturated carbocycles. The lowest BCUT2D eigenvalue weighted by Gasteiger charge is -2.30. The van der Waals surface area contributed by atoms with Crippen molar-refractivity contribution in [3.63, 3.8) is 0 Å². The van der Waals surface area contributed by atoms with Gasteiger partial charge in [-0.05, 0) is 0 Å². The quantitative estimate of drug-likeness (QED) is 0.778. The average molecular weight is 251 g/mol. The van der Waals surface area contributed by atoms with Crippen LogP contribution in [0.4, 0.5) is 26.3 Å². The Labute approximate surface area is 83.2 Å². The Morgan fingerprint density at radius 1 is 1.07 bits per heavy atom. The molecule has 0 aromatic carbocycles. The third-order valence-electron chi connectivity index (χ3n) is 1.62. The fourth-order valence-electron chi connectivity index (χ4n) is 0.842. The minimum atomic E-state index is -5.86. The molecule has 1 aromatic heterocycles. The van der Waals surface area contributed by atoms with Gasteiger partial charge in [0.25, 0.3) is 5.60 Å². The van der Waals surface area contributed by atoms with E-state index in [1.807, 2.05) is 0 Å². The number of halogens is 6. The monoisotopic (exact) mass is 251 g/mol. The van der Waals surface area contributed by atoms with E-state index in [9.17, 15) is 26.3 Å². The Kier molecular flexibility index (Phi) is 2.72. The number of hydrogen-bond donors (Lipinski definition) is 1. The summed E-state index contributed by atoms with van der Waals surface area (Å²) in [5.74, 6) is 0. The van der Waals surface area contributed by atoms with Crippen LogP contribution in [0.1, 0.15) is 5.69 Å². The van der Waals surface area contributed by atoms with Crippen LogP contribution in [-0.2, 0) is 5.60 Å². The lowest BCUT2D eigenvalue weighted by atomic mass is 9.99. The lowest BCUT2D eigenvalue weighted by Crippen LogP contribution is -2.54. The summed E-state index contributed by atoms with van der Waals surface area (Å²) in [5.41, 5.74) is -5.59. The zero-order chi connectivity index (χ0) is 11.9. The first kappa shape index (κ1) is 12.2. The fourth-order valence-corrected chi connectivity index (χ4v) is 1.44.